The van der Waals surface area contributed by atoms with Gasteiger partial charge in [0.05, 0.1) is 5.75 Å². The van der Waals surface area contributed by atoms with Gasteiger partial charge in [-0.15, -0.1) is 0 Å². The predicted molar refractivity (Wildman–Crippen MR) is 80.1 cm³/mol. The molecule has 0 unspecified atom stereocenters. The predicted octanol–water partition coefficient (Wildman–Crippen LogP) is 1.29. The number of hydrogen-bond donors (Lipinski definition) is 2. The summed E-state index contributed by atoms with van der Waals surface area (Å²) in [6, 6.07) is -0.0109. The lowest BCUT2D eigenvalue weighted by Gasteiger charge is -2.31. The smallest absolute Gasteiger partial charge is 0.315 e. The Labute approximate surface area is 122 Å². The highest BCUT2D eigenvalue weighted by atomic mass is 32.2. The highest BCUT2D eigenvalue weighted by Gasteiger charge is 2.28. The second-order valence-corrected chi connectivity index (χ2v) is 7.70. The molecule has 0 saturated carbocycles. The van der Waals surface area contributed by atoms with Crippen LogP contribution in [0.3, 0.4) is 0 Å². The van der Waals surface area contributed by atoms with E-state index in [9.17, 15) is 13.2 Å². The van der Waals surface area contributed by atoms with Crippen molar-refractivity contribution in [1.82, 2.24) is 14.9 Å². The van der Waals surface area contributed by atoms with Gasteiger partial charge in [0, 0.05) is 25.2 Å². The number of piperidine rings is 1. The van der Waals surface area contributed by atoms with E-state index in [1.165, 1.54) is 0 Å². The van der Waals surface area contributed by atoms with Crippen molar-refractivity contribution in [3.63, 3.8) is 0 Å². The molecule has 2 N–H and O–H groups in total. The molecule has 0 aromatic heterocycles. The molecule has 0 aromatic carbocycles. The lowest BCUT2D eigenvalue weighted by Crippen LogP contribution is -2.50. The molecular weight excluding hydrogens is 278 g/mol. The Morgan fingerprint density at radius 1 is 1.30 bits per heavy atom. The van der Waals surface area contributed by atoms with Crippen molar-refractivity contribution in [3.05, 3.63) is 0 Å². The monoisotopic (exact) mass is 305 g/mol. The topological polar surface area (TPSA) is 78.5 Å². The van der Waals surface area contributed by atoms with Crippen LogP contribution in [0.15, 0.2) is 0 Å². The van der Waals surface area contributed by atoms with E-state index in [2.05, 4.69) is 10.6 Å². The standard InChI is InChI=1S/C13H27N3O3S/c1-4-5-10-20(18,19)16-8-6-12(7-9-16)15-13(17)14-11(2)3/h11-12H,4-10H2,1-3H3,(H2,14,15,17). The molecule has 0 aliphatic carbocycles. The van der Waals surface area contributed by atoms with Crippen LogP contribution in [-0.4, -0.2) is 49.7 Å². The normalized spacial score (nSPS) is 18.2. The quantitative estimate of drug-likeness (QED) is 0.776. The Morgan fingerprint density at radius 2 is 1.90 bits per heavy atom. The van der Waals surface area contributed by atoms with Crippen LogP contribution in [0.1, 0.15) is 46.5 Å². The molecule has 0 radical (unpaired) electrons. The summed E-state index contributed by atoms with van der Waals surface area (Å²) in [5, 5.41) is 5.67. The van der Waals surface area contributed by atoms with Gasteiger partial charge in [-0.2, -0.15) is 0 Å². The summed E-state index contributed by atoms with van der Waals surface area (Å²) in [6.07, 6.45) is 2.94. The minimum Gasteiger partial charge on any atom is -0.336 e. The minimum absolute atomic E-state index is 0.0615. The summed E-state index contributed by atoms with van der Waals surface area (Å²) in [7, 11) is -3.11. The Morgan fingerprint density at radius 3 is 2.40 bits per heavy atom. The maximum atomic E-state index is 12.0. The third-order valence-electron chi connectivity index (χ3n) is 3.36. The Hall–Kier alpha value is -0.820. The van der Waals surface area contributed by atoms with Gasteiger partial charge >= 0.3 is 6.03 Å². The van der Waals surface area contributed by atoms with Gasteiger partial charge in [0.2, 0.25) is 10.0 Å². The number of carbonyl (C=O) groups excluding carboxylic acids is 1. The maximum Gasteiger partial charge on any atom is 0.315 e. The van der Waals surface area contributed by atoms with Crippen molar-refractivity contribution < 1.29 is 13.2 Å². The van der Waals surface area contributed by atoms with Gasteiger partial charge in [0.25, 0.3) is 0 Å². The van der Waals surface area contributed by atoms with Gasteiger partial charge in [-0.1, -0.05) is 13.3 Å². The van der Waals surface area contributed by atoms with E-state index >= 15 is 0 Å². The summed E-state index contributed by atoms with van der Waals surface area (Å²) in [6.45, 7) is 6.79. The van der Waals surface area contributed by atoms with E-state index in [1.807, 2.05) is 20.8 Å². The third-order valence-corrected chi connectivity index (χ3v) is 5.31. The van der Waals surface area contributed by atoms with E-state index in [4.69, 9.17) is 0 Å². The Bertz CT molecular complexity index is 401. The molecular formula is C13H27N3O3S. The van der Waals surface area contributed by atoms with Crippen molar-refractivity contribution in [3.8, 4) is 0 Å². The van der Waals surface area contributed by atoms with Crippen molar-refractivity contribution in [2.45, 2.75) is 58.5 Å². The van der Waals surface area contributed by atoms with Gasteiger partial charge in [-0.05, 0) is 33.1 Å². The highest BCUT2D eigenvalue weighted by molar-refractivity contribution is 7.89. The zero-order valence-corrected chi connectivity index (χ0v) is 13.5. The number of nitrogens with zero attached hydrogens (tertiary/aromatic N) is 1. The number of urea groups is 1. The lowest BCUT2D eigenvalue weighted by atomic mass is 10.1. The first-order valence-electron chi connectivity index (χ1n) is 7.40. The largest absolute Gasteiger partial charge is 0.336 e. The minimum atomic E-state index is -3.11. The lowest BCUT2D eigenvalue weighted by molar-refractivity contribution is 0.225. The number of amides is 2. The number of nitrogens with one attached hydrogen (secondary N) is 2. The fourth-order valence-electron chi connectivity index (χ4n) is 2.22. The van der Waals surface area contributed by atoms with Gasteiger partial charge < -0.3 is 10.6 Å². The van der Waals surface area contributed by atoms with Gasteiger partial charge in [-0.3, -0.25) is 0 Å². The van der Waals surface area contributed by atoms with Crippen LogP contribution >= 0.6 is 0 Å². The number of hydrogen-bond acceptors (Lipinski definition) is 3. The van der Waals surface area contributed by atoms with E-state index in [-0.39, 0.29) is 23.9 Å². The summed E-state index contributed by atoms with van der Waals surface area (Å²) in [5.74, 6) is 0.232. The number of carbonyl (C=O) groups is 1. The van der Waals surface area contributed by atoms with Crippen molar-refractivity contribution in [1.29, 1.82) is 0 Å². The van der Waals surface area contributed by atoms with Crippen molar-refractivity contribution in [2.24, 2.45) is 0 Å². The first-order valence-corrected chi connectivity index (χ1v) is 9.01. The summed E-state index contributed by atoms with van der Waals surface area (Å²) < 4.78 is 25.6. The second-order valence-electron chi connectivity index (χ2n) is 5.62. The first-order chi connectivity index (χ1) is 9.35. The molecule has 1 aliphatic rings. The maximum absolute atomic E-state index is 12.0. The summed E-state index contributed by atoms with van der Waals surface area (Å²) in [5.41, 5.74) is 0. The summed E-state index contributed by atoms with van der Waals surface area (Å²) >= 11 is 0. The molecule has 1 fully saturated rings. The molecule has 118 valence electrons. The van der Waals surface area contributed by atoms with Gasteiger partial charge in [0.15, 0.2) is 0 Å². The zero-order chi connectivity index (χ0) is 15.2. The van der Waals surface area contributed by atoms with E-state index in [0.29, 0.717) is 32.4 Å². The van der Waals surface area contributed by atoms with Crippen LogP contribution in [0.4, 0.5) is 4.79 Å². The molecule has 6 nitrogen and oxygen atoms in total. The Kier molecular flexibility index (Phi) is 6.75. The average Bonchev–Trinajstić information content (AvgIpc) is 2.36. The third kappa shape index (κ3) is 5.66. The molecule has 1 rings (SSSR count). The van der Waals surface area contributed by atoms with Crippen molar-refractivity contribution >= 4 is 16.1 Å². The van der Waals surface area contributed by atoms with E-state index in [1.54, 1.807) is 4.31 Å². The fraction of sp³-hybridized carbons (Fsp3) is 0.923. The molecule has 1 heterocycles. The van der Waals surface area contributed by atoms with Crippen LogP contribution in [-0.2, 0) is 10.0 Å². The van der Waals surface area contributed by atoms with E-state index in [0.717, 1.165) is 6.42 Å². The molecule has 0 bridgehead atoms. The molecule has 0 spiro atoms. The van der Waals surface area contributed by atoms with Crippen LogP contribution < -0.4 is 10.6 Å². The molecule has 2 amide bonds. The second kappa shape index (κ2) is 7.83. The molecule has 0 aromatic rings. The summed E-state index contributed by atoms with van der Waals surface area (Å²) in [4.78, 5) is 11.6. The van der Waals surface area contributed by atoms with Gasteiger partial charge in [-0.25, -0.2) is 17.5 Å². The van der Waals surface area contributed by atoms with Crippen LogP contribution in [0.25, 0.3) is 0 Å². The average molecular weight is 305 g/mol. The van der Waals surface area contributed by atoms with E-state index < -0.39 is 10.0 Å². The number of unbranched alkanes of at least 4 members (excludes halogenated alkanes) is 1. The Balaban J connectivity index is 2.38. The highest BCUT2D eigenvalue weighted by Crippen LogP contribution is 2.15. The fourth-order valence-corrected chi connectivity index (χ4v) is 3.90. The molecule has 7 heteroatoms. The number of sulfonamides is 1. The zero-order valence-electron chi connectivity index (χ0n) is 12.7. The molecule has 1 saturated heterocycles. The van der Waals surface area contributed by atoms with Crippen LogP contribution in [0.2, 0.25) is 0 Å². The molecule has 1 aliphatic heterocycles. The van der Waals surface area contributed by atoms with Crippen LogP contribution in [0, 0.1) is 0 Å². The van der Waals surface area contributed by atoms with Crippen molar-refractivity contribution in [2.75, 3.05) is 18.8 Å². The van der Waals surface area contributed by atoms with Gasteiger partial charge in [0.1, 0.15) is 0 Å². The molecule has 0 atom stereocenters. The number of rotatable bonds is 6. The first kappa shape index (κ1) is 17.2. The molecule has 20 heavy (non-hydrogen) atoms. The van der Waals surface area contributed by atoms with Crippen LogP contribution in [0.5, 0.6) is 0 Å². The SMILES string of the molecule is CCCCS(=O)(=O)N1CCC(NC(=O)NC(C)C)CC1.